The largest absolute Gasteiger partial charge is 0.312 e. The lowest BCUT2D eigenvalue weighted by Crippen LogP contribution is -2.52. The third-order valence-electron chi connectivity index (χ3n) is 3.53. The van der Waals surface area contributed by atoms with Gasteiger partial charge in [0.05, 0.1) is 11.2 Å². The van der Waals surface area contributed by atoms with E-state index in [4.69, 9.17) is 0 Å². The maximum absolute atomic E-state index is 12.4. The van der Waals surface area contributed by atoms with Crippen LogP contribution < -0.4 is 10.3 Å². The van der Waals surface area contributed by atoms with Crippen molar-refractivity contribution in [3.05, 3.63) is 36.0 Å². The molecule has 0 saturated carbocycles. The minimum atomic E-state index is -3.68. The monoisotopic (exact) mass is 306 g/mol. The Balaban J connectivity index is 2.11. The van der Waals surface area contributed by atoms with Gasteiger partial charge in [-0.2, -0.15) is 8.42 Å². The first-order chi connectivity index (χ1) is 9.71. The van der Waals surface area contributed by atoms with Gasteiger partial charge >= 0.3 is 0 Å². The van der Waals surface area contributed by atoms with Crippen LogP contribution in [0.2, 0.25) is 0 Å². The molecule has 0 atom stereocenters. The summed E-state index contributed by atoms with van der Waals surface area (Å²) in [6.07, 6.45) is 2.04. The number of hydrogen-bond acceptors (Lipinski definition) is 5. The molecular formula is C14H18N4O2S. The van der Waals surface area contributed by atoms with E-state index in [0.29, 0.717) is 11.6 Å². The minimum Gasteiger partial charge on any atom is -0.312 e. The molecule has 1 aromatic carbocycles. The maximum atomic E-state index is 12.4. The van der Waals surface area contributed by atoms with Crippen LogP contribution in [0.1, 0.15) is 20.8 Å². The number of nitrogens with zero attached hydrogens (tertiary/aromatic N) is 3. The number of benzene rings is 1. The number of para-hydroxylation sites is 1. The highest BCUT2D eigenvalue weighted by molar-refractivity contribution is 7.90. The predicted octanol–water partition coefficient (Wildman–Crippen LogP) is 1.68. The molecule has 6 nitrogen and oxygen atoms in total. The van der Waals surface area contributed by atoms with Gasteiger partial charge in [-0.1, -0.05) is 12.1 Å². The van der Waals surface area contributed by atoms with Gasteiger partial charge in [-0.15, -0.1) is 4.40 Å². The molecule has 3 rings (SSSR count). The first-order valence-corrected chi connectivity index (χ1v) is 8.10. The fourth-order valence-corrected chi connectivity index (χ4v) is 3.91. The van der Waals surface area contributed by atoms with Crippen molar-refractivity contribution in [3.8, 4) is 0 Å². The molecule has 0 spiro atoms. The molecular weight excluding hydrogens is 288 g/mol. The zero-order valence-corrected chi connectivity index (χ0v) is 13.3. The third kappa shape index (κ3) is 2.22. The summed E-state index contributed by atoms with van der Waals surface area (Å²) in [4.78, 5) is 2.01. The molecule has 0 aliphatic carbocycles. The Morgan fingerprint density at radius 3 is 2.52 bits per heavy atom. The second-order valence-corrected chi connectivity index (χ2v) is 7.42. The summed E-state index contributed by atoms with van der Waals surface area (Å²) in [5.74, 6) is 0.355. The molecule has 0 aromatic heterocycles. The number of rotatable bonds is 0. The number of fused-ring (bicyclic) bond motifs is 1. The Morgan fingerprint density at radius 1 is 1.24 bits per heavy atom. The summed E-state index contributed by atoms with van der Waals surface area (Å²) in [6, 6.07) is 6.87. The average molecular weight is 306 g/mol. The highest BCUT2D eigenvalue weighted by atomic mass is 32.2. The van der Waals surface area contributed by atoms with Crippen LogP contribution in [-0.2, 0) is 10.0 Å². The maximum Gasteiger partial charge on any atom is 0.287 e. The molecule has 1 N–H and O–H groups in total. The molecule has 0 radical (unpaired) electrons. The van der Waals surface area contributed by atoms with Crippen molar-refractivity contribution >= 4 is 21.7 Å². The molecule has 0 bridgehead atoms. The van der Waals surface area contributed by atoms with Gasteiger partial charge in [0.15, 0.2) is 0 Å². The van der Waals surface area contributed by atoms with Gasteiger partial charge in [-0.3, -0.25) is 0 Å². The highest BCUT2D eigenvalue weighted by Gasteiger charge is 2.36. The van der Waals surface area contributed by atoms with Crippen LogP contribution in [0.3, 0.4) is 0 Å². The van der Waals surface area contributed by atoms with Gasteiger partial charge in [0.1, 0.15) is 4.90 Å². The van der Waals surface area contributed by atoms with E-state index < -0.39 is 10.0 Å². The topological polar surface area (TPSA) is 65.0 Å². The predicted molar refractivity (Wildman–Crippen MR) is 82.3 cm³/mol. The van der Waals surface area contributed by atoms with Crippen LogP contribution in [0.15, 0.2) is 45.3 Å². The van der Waals surface area contributed by atoms with Crippen molar-refractivity contribution in [2.75, 3.05) is 11.9 Å². The van der Waals surface area contributed by atoms with E-state index in [2.05, 4.69) is 9.82 Å². The van der Waals surface area contributed by atoms with E-state index in [-0.39, 0.29) is 10.4 Å². The lowest BCUT2D eigenvalue weighted by atomic mass is 10.1. The van der Waals surface area contributed by atoms with Crippen LogP contribution in [0.5, 0.6) is 0 Å². The average Bonchev–Trinajstić information content (AvgIpc) is 2.67. The Morgan fingerprint density at radius 2 is 1.90 bits per heavy atom. The third-order valence-corrected chi connectivity index (χ3v) is 4.83. The van der Waals surface area contributed by atoms with E-state index in [9.17, 15) is 8.42 Å². The molecule has 2 heterocycles. The summed E-state index contributed by atoms with van der Waals surface area (Å²) in [7, 11) is -1.87. The zero-order valence-electron chi connectivity index (χ0n) is 12.5. The van der Waals surface area contributed by atoms with Crippen LogP contribution in [0.4, 0.5) is 5.69 Å². The molecule has 0 fully saturated rings. The summed E-state index contributed by atoms with van der Waals surface area (Å²) < 4.78 is 28.7. The number of sulfonamides is 1. The van der Waals surface area contributed by atoms with Crippen LogP contribution >= 0.6 is 0 Å². The second kappa shape index (κ2) is 4.32. The molecule has 0 unspecified atom stereocenters. The number of hydrazine groups is 1. The van der Waals surface area contributed by atoms with Gasteiger partial charge in [-0.25, -0.2) is 10.4 Å². The van der Waals surface area contributed by atoms with Gasteiger partial charge in [0, 0.05) is 12.7 Å². The summed E-state index contributed by atoms with van der Waals surface area (Å²) in [6.45, 7) is 5.95. The molecule has 112 valence electrons. The van der Waals surface area contributed by atoms with Crippen LogP contribution in [0, 0.1) is 0 Å². The van der Waals surface area contributed by atoms with E-state index >= 15 is 0 Å². The Bertz CT molecular complexity index is 765. The first-order valence-electron chi connectivity index (χ1n) is 6.66. The van der Waals surface area contributed by atoms with Crippen molar-refractivity contribution in [2.45, 2.75) is 31.2 Å². The molecule has 0 saturated heterocycles. The molecule has 2 aliphatic heterocycles. The van der Waals surface area contributed by atoms with Gasteiger partial charge in [0.25, 0.3) is 10.0 Å². The van der Waals surface area contributed by atoms with Crippen molar-refractivity contribution in [2.24, 2.45) is 4.40 Å². The van der Waals surface area contributed by atoms with Gasteiger partial charge < -0.3 is 4.90 Å². The van der Waals surface area contributed by atoms with Crippen molar-refractivity contribution in [1.82, 2.24) is 10.4 Å². The minimum absolute atomic E-state index is 0.233. The lowest BCUT2D eigenvalue weighted by Gasteiger charge is -2.34. The SMILES string of the molecule is CC1=CC(C)(C)NN1C1=NS(=O)(=O)c2ccccc2N1C. The summed E-state index contributed by atoms with van der Waals surface area (Å²) in [5, 5.41) is 1.72. The zero-order chi connectivity index (χ0) is 15.4. The van der Waals surface area contributed by atoms with Crippen LogP contribution in [-0.4, -0.2) is 32.0 Å². The summed E-state index contributed by atoms with van der Waals surface area (Å²) >= 11 is 0. The lowest BCUT2D eigenvalue weighted by molar-refractivity contribution is 0.321. The van der Waals surface area contributed by atoms with Crippen molar-refractivity contribution < 1.29 is 8.42 Å². The van der Waals surface area contributed by atoms with Gasteiger partial charge in [-0.05, 0) is 39.0 Å². The van der Waals surface area contributed by atoms with E-state index in [1.54, 1.807) is 28.1 Å². The van der Waals surface area contributed by atoms with Crippen LogP contribution in [0.25, 0.3) is 0 Å². The number of allylic oxidation sites excluding steroid dienone is 1. The number of nitrogens with one attached hydrogen (secondary N) is 1. The molecule has 2 aliphatic rings. The molecule has 0 amide bonds. The standard InChI is InChI=1S/C14H18N4O2S/c1-10-9-14(2,3)16-18(10)13-15-21(19,20)12-8-6-5-7-11(12)17(13)4/h5-9,16H,1-4H3. The number of guanidine groups is 1. The quantitative estimate of drug-likeness (QED) is 0.790. The fraction of sp³-hybridized carbons (Fsp3) is 0.357. The van der Waals surface area contributed by atoms with E-state index in [1.165, 1.54) is 0 Å². The van der Waals surface area contributed by atoms with Crippen molar-refractivity contribution in [1.29, 1.82) is 0 Å². The fourth-order valence-electron chi connectivity index (χ4n) is 2.67. The van der Waals surface area contributed by atoms with Gasteiger partial charge in [0.2, 0.25) is 5.96 Å². The summed E-state index contributed by atoms with van der Waals surface area (Å²) in [5.41, 5.74) is 4.55. The number of hydrogen-bond donors (Lipinski definition) is 1. The molecule has 7 heteroatoms. The Labute approximate surface area is 124 Å². The smallest absolute Gasteiger partial charge is 0.287 e. The van der Waals surface area contributed by atoms with E-state index in [0.717, 1.165) is 5.70 Å². The Hall–Kier alpha value is -1.86. The second-order valence-electron chi connectivity index (χ2n) is 5.85. The molecule has 21 heavy (non-hydrogen) atoms. The highest BCUT2D eigenvalue weighted by Crippen LogP contribution is 2.32. The van der Waals surface area contributed by atoms with E-state index in [1.807, 2.05) is 40.0 Å². The Kier molecular flexibility index (Phi) is 2.90. The normalized spacial score (nSPS) is 22.7. The molecule has 1 aromatic rings. The van der Waals surface area contributed by atoms with Crippen molar-refractivity contribution in [3.63, 3.8) is 0 Å². The number of anilines is 1. The first kappa shape index (κ1) is 14.1.